The second-order valence-corrected chi connectivity index (χ2v) is 6.87. The number of alkyl halides is 5. The summed E-state index contributed by atoms with van der Waals surface area (Å²) in [6.07, 6.45) is -5.87. The summed E-state index contributed by atoms with van der Waals surface area (Å²) in [5.74, 6) is -5.71. The highest BCUT2D eigenvalue weighted by Gasteiger charge is 2.60. The van der Waals surface area contributed by atoms with E-state index in [0.29, 0.717) is 16.7 Å². The van der Waals surface area contributed by atoms with Crippen molar-refractivity contribution in [2.45, 2.75) is 23.9 Å². The van der Waals surface area contributed by atoms with E-state index in [-0.39, 0.29) is 16.7 Å². The Labute approximate surface area is 165 Å². The summed E-state index contributed by atoms with van der Waals surface area (Å²) in [4.78, 5) is 16.9. The van der Waals surface area contributed by atoms with E-state index in [1.807, 2.05) is 6.92 Å². The van der Waals surface area contributed by atoms with Crippen LogP contribution < -0.4 is 10.6 Å². The van der Waals surface area contributed by atoms with Crippen LogP contribution in [0.5, 0.6) is 0 Å². The van der Waals surface area contributed by atoms with Crippen molar-refractivity contribution in [1.29, 1.82) is 0 Å². The number of aromatic nitrogens is 3. The zero-order valence-electron chi connectivity index (χ0n) is 14.4. The average Bonchev–Trinajstić information content (AvgIpc) is 2.62. The maximum Gasteiger partial charge on any atom is 0.459 e. The largest absolute Gasteiger partial charge is 0.459 e. The molecule has 152 valence electrons. The number of nitrogens with one attached hydrogen (secondary N) is 2. The van der Waals surface area contributed by atoms with E-state index < -0.39 is 29.4 Å². The molecule has 0 spiro atoms. The van der Waals surface area contributed by atoms with Gasteiger partial charge >= 0.3 is 12.1 Å². The molecular formula is C15H13ClF5N5OS. The van der Waals surface area contributed by atoms with E-state index in [2.05, 4.69) is 25.8 Å². The van der Waals surface area contributed by atoms with Crippen LogP contribution in [0.1, 0.15) is 23.1 Å². The SMILES string of the molecule is CCSc1ccc(Cl)nc1C(=O)Nc1cc(C(F)(F)C(F)(F)F)nnc1NC. The van der Waals surface area contributed by atoms with Crippen molar-refractivity contribution in [1.82, 2.24) is 15.2 Å². The first-order valence-corrected chi connectivity index (χ1v) is 8.98. The maximum atomic E-state index is 13.6. The molecule has 2 N–H and O–H groups in total. The van der Waals surface area contributed by atoms with Gasteiger partial charge in [-0.1, -0.05) is 18.5 Å². The number of carbonyl (C=O) groups excluding carboxylic acids is 1. The fourth-order valence-electron chi connectivity index (χ4n) is 2.01. The molecule has 6 nitrogen and oxygen atoms in total. The lowest BCUT2D eigenvalue weighted by Crippen LogP contribution is -2.35. The number of hydrogen-bond donors (Lipinski definition) is 2. The first kappa shape index (κ1) is 22.1. The van der Waals surface area contributed by atoms with Crippen molar-refractivity contribution < 1.29 is 26.7 Å². The van der Waals surface area contributed by atoms with Gasteiger partial charge in [0.15, 0.2) is 5.82 Å². The van der Waals surface area contributed by atoms with E-state index >= 15 is 0 Å². The van der Waals surface area contributed by atoms with Crippen LogP contribution in [0.3, 0.4) is 0 Å². The monoisotopic (exact) mass is 441 g/mol. The van der Waals surface area contributed by atoms with E-state index in [0.717, 1.165) is 0 Å². The van der Waals surface area contributed by atoms with Crippen molar-refractivity contribution in [2.75, 3.05) is 23.4 Å². The second-order valence-electron chi connectivity index (χ2n) is 5.18. The summed E-state index contributed by atoms with van der Waals surface area (Å²) in [6.45, 7) is 1.83. The molecule has 2 aromatic rings. The Hall–Kier alpha value is -2.21. The summed E-state index contributed by atoms with van der Waals surface area (Å²) in [5, 5.41) is 10.9. The number of amides is 1. The van der Waals surface area contributed by atoms with Crippen LogP contribution in [-0.2, 0) is 5.92 Å². The number of thioether (sulfide) groups is 1. The molecule has 0 atom stereocenters. The smallest absolute Gasteiger partial charge is 0.370 e. The van der Waals surface area contributed by atoms with Crippen molar-refractivity contribution >= 4 is 40.8 Å². The predicted octanol–water partition coefficient (Wildman–Crippen LogP) is 4.59. The first-order valence-electron chi connectivity index (χ1n) is 7.62. The quantitative estimate of drug-likeness (QED) is 0.388. The molecule has 13 heteroatoms. The van der Waals surface area contributed by atoms with Crippen LogP contribution >= 0.6 is 23.4 Å². The molecular weight excluding hydrogens is 429 g/mol. The molecule has 1 amide bonds. The molecule has 0 saturated heterocycles. The molecule has 0 radical (unpaired) electrons. The Kier molecular flexibility index (Phi) is 6.65. The average molecular weight is 442 g/mol. The third-order valence-corrected chi connectivity index (χ3v) is 4.44. The Morgan fingerprint density at radius 2 is 1.89 bits per heavy atom. The summed E-state index contributed by atoms with van der Waals surface area (Å²) in [6, 6.07) is 3.41. The molecule has 2 aromatic heterocycles. The van der Waals surface area contributed by atoms with Gasteiger partial charge in [-0.15, -0.1) is 22.0 Å². The lowest BCUT2D eigenvalue weighted by Gasteiger charge is -2.19. The number of nitrogens with zero attached hydrogens (tertiary/aromatic N) is 3. The molecule has 0 aromatic carbocycles. The maximum absolute atomic E-state index is 13.6. The Balaban J connectivity index is 2.44. The highest BCUT2D eigenvalue weighted by molar-refractivity contribution is 7.99. The van der Waals surface area contributed by atoms with Crippen molar-refractivity contribution in [2.24, 2.45) is 0 Å². The van der Waals surface area contributed by atoms with Gasteiger partial charge in [0, 0.05) is 11.9 Å². The topological polar surface area (TPSA) is 79.8 Å². The summed E-state index contributed by atoms with van der Waals surface area (Å²) in [5.41, 5.74) is -2.19. The van der Waals surface area contributed by atoms with E-state index in [1.165, 1.54) is 24.9 Å². The van der Waals surface area contributed by atoms with Crippen LogP contribution in [0.4, 0.5) is 33.5 Å². The van der Waals surface area contributed by atoms with Crippen LogP contribution in [0.25, 0.3) is 0 Å². The molecule has 0 unspecified atom stereocenters. The molecule has 2 rings (SSSR count). The molecule has 0 fully saturated rings. The van der Waals surface area contributed by atoms with Gasteiger partial charge in [-0.3, -0.25) is 4.79 Å². The minimum absolute atomic E-state index is 0.0107. The van der Waals surface area contributed by atoms with Crippen molar-refractivity contribution in [3.8, 4) is 0 Å². The van der Waals surface area contributed by atoms with Gasteiger partial charge in [-0.25, -0.2) is 4.98 Å². The zero-order chi connectivity index (χ0) is 21.1. The molecule has 0 aliphatic heterocycles. The van der Waals surface area contributed by atoms with Gasteiger partial charge in [0.25, 0.3) is 5.91 Å². The van der Waals surface area contributed by atoms with Gasteiger partial charge in [0.1, 0.15) is 16.5 Å². The Bertz CT molecular complexity index is 880. The summed E-state index contributed by atoms with van der Waals surface area (Å²) < 4.78 is 64.9. The normalized spacial score (nSPS) is 12.0. The molecule has 28 heavy (non-hydrogen) atoms. The number of pyridine rings is 1. The number of anilines is 2. The highest BCUT2D eigenvalue weighted by Crippen LogP contribution is 2.43. The number of carbonyl (C=O) groups is 1. The fourth-order valence-corrected chi connectivity index (χ4v) is 2.91. The number of rotatable bonds is 6. The van der Waals surface area contributed by atoms with Crippen LogP contribution in [-0.4, -0.2) is 40.1 Å². The first-order chi connectivity index (χ1) is 13.0. The lowest BCUT2D eigenvalue weighted by molar-refractivity contribution is -0.291. The van der Waals surface area contributed by atoms with Gasteiger partial charge in [-0.2, -0.15) is 22.0 Å². The van der Waals surface area contributed by atoms with Crippen LogP contribution in [0.2, 0.25) is 5.15 Å². The molecule has 0 aliphatic rings. The zero-order valence-corrected chi connectivity index (χ0v) is 15.9. The third-order valence-electron chi connectivity index (χ3n) is 3.30. The minimum atomic E-state index is -5.87. The van der Waals surface area contributed by atoms with Crippen LogP contribution in [0.15, 0.2) is 23.1 Å². The summed E-state index contributed by atoms with van der Waals surface area (Å²) >= 11 is 7.07. The number of halogens is 6. The van der Waals surface area contributed by atoms with Gasteiger partial charge in [0.05, 0.1) is 5.69 Å². The van der Waals surface area contributed by atoms with Gasteiger partial charge in [-0.05, 0) is 24.0 Å². The van der Waals surface area contributed by atoms with Crippen molar-refractivity contribution in [3.63, 3.8) is 0 Å². The van der Waals surface area contributed by atoms with E-state index in [9.17, 15) is 26.7 Å². The lowest BCUT2D eigenvalue weighted by atomic mass is 10.2. The van der Waals surface area contributed by atoms with Crippen molar-refractivity contribution in [3.05, 3.63) is 34.7 Å². The van der Waals surface area contributed by atoms with E-state index in [1.54, 1.807) is 6.07 Å². The molecule has 0 saturated carbocycles. The minimum Gasteiger partial charge on any atom is -0.370 e. The standard InChI is InChI=1S/C15H13ClF5N5OS/c1-3-28-8-4-5-10(16)24-11(8)13(27)23-7-6-9(25-26-12(7)22-2)14(17,18)15(19,20)21/h4-6H,3H2,1-2H3,(H,22,26)(H,23,25,27). The molecule has 0 aliphatic carbocycles. The predicted molar refractivity (Wildman–Crippen MR) is 95.1 cm³/mol. The molecule has 2 heterocycles. The number of hydrogen-bond acceptors (Lipinski definition) is 6. The fraction of sp³-hybridized carbons (Fsp3) is 0.333. The third kappa shape index (κ3) is 4.61. The van der Waals surface area contributed by atoms with E-state index in [4.69, 9.17) is 11.6 Å². The van der Waals surface area contributed by atoms with Gasteiger partial charge in [0.2, 0.25) is 0 Å². The Morgan fingerprint density at radius 3 is 2.46 bits per heavy atom. The molecule has 0 bridgehead atoms. The summed E-state index contributed by atoms with van der Waals surface area (Å²) in [7, 11) is 1.33. The Morgan fingerprint density at radius 1 is 1.21 bits per heavy atom. The second kappa shape index (κ2) is 8.43. The van der Waals surface area contributed by atoms with Gasteiger partial charge < -0.3 is 10.6 Å². The highest BCUT2D eigenvalue weighted by atomic mass is 35.5. The van der Waals surface area contributed by atoms with Crippen LogP contribution in [0, 0.1) is 0 Å².